The van der Waals surface area contributed by atoms with E-state index in [4.69, 9.17) is 16.3 Å². The number of aryl methyl sites for hydroxylation is 2. The number of hydrogen-bond donors (Lipinski definition) is 2. The molecule has 2 aromatic rings. The Morgan fingerprint density at radius 1 is 1.17 bits per heavy atom. The molecule has 0 aromatic heterocycles. The van der Waals surface area contributed by atoms with Gasteiger partial charge in [-0.2, -0.15) is 0 Å². The van der Waals surface area contributed by atoms with Crippen LogP contribution < -0.4 is 15.4 Å². The van der Waals surface area contributed by atoms with Crippen molar-refractivity contribution in [3.63, 3.8) is 0 Å². The summed E-state index contributed by atoms with van der Waals surface area (Å²) in [4.78, 5) is 11.8. The predicted molar refractivity (Wildman–Crippen MR) is 94.5 cm³/mol. The van der Waals surface area contributed by atoms with Gasteiger partial charge in [-0.1, -0.05) is 36.7 Å². The van der Waals surface area contributed by atoms with Crippen LogP contribution in [-0.4, -0.2) is 19.2 Å². The Labute approximate surface area is 141 Å². The highest BCUT2D eigenvalue weighted by molar-refractivity contribution is 6.32. The molecule has 2 rings (SSSR count). The first-order valence-electron chi connectivity index (χ1n) is 7.61. The summed E-state index contributed by atoms with van der Waals surface area (Å²) in [6.07, 6.45) is 0.978. The van der Waals surface area contributed by atoms with Gasteiger partial charge in [-0.15, -0.1) is 0 Å². The smallest absolute Gasteiger partial charge is 0.319 e. The number of carbonyl (C=O) groups is 1. The van der Waals surface area contributed by atoms with Crippen LogP contribution in [0.15, 0.2) is 42.5 Å². The van der Waals surface area contributed by atoms with E-state index in [9.17, 15) is 4.79 Å². The van der Waals surface area contributed by atoms with Gasteiger partial charge in [0.05, 0.1) is 11.6 Å². The predicted octanol–water partition coefficient (Wildman–Crippen LogP) is 4.41. The molecule has 0 saturated heterocycles. The average molecular weight is 333 g/mol. The van der Waals surface area contributed by atoms with Gasteiger partial charge >= 0.3 is 6.03 Å². The van der Waals surface area contributed by atoms with E-state index in [1.54, 1.807) is 6.07 Å². The molecule has 5 heteroatoms. The summed E-state index contributed by atoms with van der Waals surface area (Å²) in [6, 6.07) is 13.1. The second-order valence-corrected chi connectivity index (χ2v) is 5.62. The number of amides is 2. The maximum Gasteiger partial charge on any atom is 0.319 e. The standard InChI is InChI=1S/C18H21ClN2O2/c1-3-14-5-7-15(8-6-14)21-18(22)20-10-11-23-17-12-13(2)4-9-16(17)19/h4-9,12H,3,10-11H2,1-2H3,(H2,20,21,22). The number of carbonyl (C=O) groups excluding carboxylic acids is 1. The molecule has 4 nitrogen and oxygen atoms in total. The number of halogens is 1. The van der Waals surface area contributed by atoms with Crippen molar-refractivity contribution in [2.75, 3.05) is 18.5 Å². The lowest BCUT2D eigenvalue weighted by Crippen LogP contribution is -2.32. The van der Waals surface area contributed by atoms with Crippen LogP contribution in [0.1, 0.15) is 18.1 Å². The molecule has 122 valence electrons. The van der Waals surface area contributed by atoms with Crippen molar-refractivity contribution in [3.05, 3.63) is 58.6 Å². The highest BCUT2D eigenvalue weighted by atomic mass is 35.5. The van der Waals surface area contributed by atoms with Crippen LogP contribution in [0.25, 0.3) is 0 Å². The van der Waals surface area contributed by atoms with E-state index in [1.165, 1.54) is 5.56 Å². The zero-order valence-corrected chi connectivity index (χ0v) is 14.1. The molecular weight excluding hydrogens is 312 g/mol. The lowest BCUT2D eigenvalue weighted by molar-refractivity contribution is 0.247. The Bertz CT molecular complexity index is 657. The molecule has 0 aliphatic heterocycles. The Morgan fingerprint density at radius 3 is 2.61 bits per heavy atom. The molecule has 0 fully saturated rings. The van der Waals surface area contributed by atoms with E-state index in [0.717, 1.165) is 17.7 Å². The van der Waals surface area contributed by atoms with Gasteiger partial charge in [0.2, 0.25) is 0 Å². The molecule has 0 atom stereocenters. The topological polar surface area (TPSA) is 50.4 Å². The fraction of sp³-hybridized carbons (Fsp3) is 0.278. The summed E-state index contributed by atoms with van der Waals surface area (Å²) < 4.78 is 5.57. The number of benzene rings is 2. The lowest BCUT2D eigenvalue weighted by Gasteiger charge is -2.11. The van der Waals surface area contributed by atoms with Gasteiger partial charge in [-0.25, -0.2) is 4.79 Å². The molecule has 0 unspecified atom stereocenters. The Hall–Kier alpha value is -2.20. The first-order chi connectivity index (χ1) is 11.1. The third-order valence-electron chi connectivity index (χ3n) is 3.35. The summed E-state index contributed by atoms with van der Waals surface area (Å²) in [5.74, 6) is 0.629. The van der Waals surface area contributed by atoms with Gasteiger partial charge in [0.15, 0.2) is 0 Å². The maximum atomic E-state index is 11.8. The van der Waals surface area contributed by atoms with Crippen molar-refractivity contribution in [2.24, 2.45) is 0 Å². The van der Waals surface area contributed by atoms with E-state index in [-0.39, 0.29) is 6.03 Å². The number of anilines is 1. The van der Waals surface area contributed by atoms with Crippen molar-refractivity contribution >= 4 is 23.3 Å². The fourth-order valence-electron chi connectivity index (χ4n) is 2.05. The molecule has 2 amide bonds. The molecule has 0 saturated carbocycles. The summed E-state index contributed by atoms with van der Waals surface area (Å²) in [5.41, 5.74) is 3.08. The van der Waals surface area contributed by atoms with Crippen LogP contribution in [-0.2, 0) is 6.42 Å². The normalized spacial score (nSPS) is 10.2. The van der Waals surface area contributed by atoms with Crippen LogP contribution >= 0.6 is 11.6 Å². The van der Waals surface area contributed by atoms with E-state index in [1.807, 2.05) is 43.3 Å². The fourth-order valence-corrected chi connectivity index (χ4v) is 2.22. The molecule has 2 N–H and O–H groups in total. The molecule has 0 aliphatic rings. The Kier molecular flexibility index (Phi) is 6.29. The molecule has 23 heavy (non-hydrogen) atoms. The second kappa shape index (κ2) is 8.44. The molecular formula is C18H21ClN2O2. The molecule has 0 aliphatic carbocycles. The number of ether oxygens (including phenoxy) is 1. The minimum absolute atomic E-state index is 0.256. The van der Waals surface area contributed by atoms with Crippen molar-refractivity contribution < 1.29 is 9.53 Å². The van der Waals surface area contributed by atoms with Crippen LogP contribution in [0.2, 0.25) is 5.02 Å². The van der Waals surface area contributed by atoms with Gasteiger partial charge in [0.25, 0.3) is 0 Å². The SMILES string of the molecule is CCc1ccc(NC(=O)NCCOc2cc(C)ccc2Cl)cc1. The van der Waals surface area contributed by atoms with Crippen LogP contribution in [0.5, 0.6) is 5.75 Å². The minimum Gasteiger partial charge on any atom is -0.490 e. The van der Waals surface area contributed by atoms with Crippen molar-refractivity contribution in [1.82, 2.24) is 5.32 Å². The zero-order valence-electron chi connectivity index (χ0n) is 13.4. The highest BCUT2D eigenvalue weighted by Gasteiger charge is 2.03. The first-order valence-corrected chi connectivity index (χ1v) is 7.99. The third kappa shape index (κ3) is 5.49. The monoisotopic (exact) mass is 332 g/mol. The molecule has 0 spiro atoms. The van der Waals surface area contributed by atoms with E-state index in [2.05, 4.69) is 17.6 Å². The van der Waals surface area contributed by atoms with Crippen molar-refractivity contribution in [2.45, 2.75) is 20.3 Å². The Morgan fingerprint density at radius 2 is 1.91 bits per heavy atom. The number of urea groups is 1. The molecule has 0 radical (unpaired) electrons. The first kappa shape index (κ1) is 17.2. The van der Waals surface area contributed by atoms with Crippen LogP contribution in [0.4, 0.5) is 10.5 Å². The summed E-state index contributed by atoms with van der Waals surface area (Å²) in [5, 5.41) is 6.09. The highest BCUT2D eigenvalue weighted by Crippen LogP contribution is 2.24. The second-order valence-electron chi connectivity index (χ2n) is 5.21. The minimum atomic E-state index is -0.256. The van der Waals surface area contributed by atoms with Gasteiger partial charge in [-0.3, -0.25) is 0 Å². The summed E-state index contributed by atoms with van der Waals surface area (Å²) >= 11 is 6.05. The van der Waals surface area contributed by atoms with E-state index in [0.29, 0.717) is 23.9 Å². The Balaban J connectivity index is 1.73. The van der Waals surface area contributed by atoms with Gasteiger partial charge in [0, 0.05) is 5.69 Å². The third-order valence-corrected chi connectivity index (χ3v) is 3.66. The van der Waals surface area contributed by atoms with Gasteiger partial charge in [-0.05, 0) is 48.7 Å². The number of nitrogens with one attached hydrogen (secondary N) is 2. The number of rotatable bonds is 6. The summed E-state index contributed by atoms with van der Waals surface area (Å²) in [6.45, 7) is 4.81. The van der Waals surface area contributed by atoms with Gasteiger partial charge < -0.3 is 15.4 Å². The van der Waals surface area contributed by atoms with Crippen molar-refractivity contribution in [3.8, 4) is 5.75 Å². The van der Waals surface area contributed by atoms with Crippen molar-refractivity contribution in [1.29, 1.82) is 0 Å². The van der Waals surface area contributed by atoms with Gasteiger partial charge in [0.1, 0.15) is 12.4 Å². The quantitative estimate of drug-likeness (QED) is 0.770. The zero-order chi connectivity index (χ0) is 16.7. The van der Waals surface area contributed by atoms with E-state index >= 15 is 0 Å². The lowest BCUT2D eigenvalue weighted by atomic mass is 10.1. The largest absolute Gasteiger partial charge is 0.490 e. The summed E-state index contributed by atoms with van der Waals surface area (Å²) in [7, 11) is 0. The van der Waals surface area contributed by atoms with Crippen LogP contribution in [0.3, 0.4) is 0 Å². The molecule has 0 bridgehead atoms. The molecule has 2 aromatic carbocycles. The van der Waals surface area contributed by atoms with E-state index < -0.39 is 0 Å². The maximum absolute atomic E-state index is 11.8. The van der Waals surface area contributed by atoms with Crippen LogP contribution in [0, 0.1) is 6.92 Å². The molecule has 0 heterocycles. The number of hydrogen-bond acceptors (Lipinski definition) is 2. The average Bonchev–Trinajstić information content (AvgIpc) is 2.55.